The van der Waals surface area contributed by atoms with Gasteiger partial charge in [0.25, 0.3) is 10.0 Å². The Bertz CT molecular complexity index is 803. The van der Waals surface area contributed by atoms with Gasteiger partial charge in [0.2, 0.25) is 0 Å². The Labute approximate surface area is 137 Å². The Balaban J connectivity index is 1.80. The molecular weight excluding hydrogens is 310 g/mol. The van der Waals surface area contributed by atoms with Crippen molar-refractivity contribution in [3.05, 3.63) is 65.2 Å². The highest BCUT2D eigenvalue weighted by atomic mass is 32.2. The molecule has 0 bridgehead atoms. The molecule has 4 nitrogen and oxygen atoms in total. The van der Waals surface area contributed by atoms with E-state index in [1.54, 1.807) is 24.3 Å². The molecule has 0 spiro atoms. The second-order valence-corrected chi connectivity index (χ2v) is 8.68. The summed E-state index contributed by atoms with van der Waals surface area (Å²) >= 11 is 0. The molecule has 1 unspecified atom stereocenters. The van der Waals surface area contributed by atoms with Gasteiger partial charge in [0, 0.05) is 5.56 Å². The molecule has 1 aliphatic rings. The van der Waals surface area contributed by atoms with Crippen LogP contribution in [0.1, 0.15) is 43.7 Å². The van der Waals surface area contributed by atoms with Crippen molar-refractivity contribution in [1.82, 2.24) is 4.47 Å². The molecule has 122 valence electrons. The molecule has 1 saturated heterocycles. The predicted molar refractivity (Wildman–Crippen MR) is 89.2 cm³/mol. The number of hydroxylamine groups is 1. The van der Waals surface area contributed by atoms with Gasteiger partial charge < -0.3 is 0 Å². The van der Waals surface area contributed by atoms with Gasteiger partial charge in [-0.3, -0.25) is 4.84 Å². The second-order valence-electron chi connectivity index (χ2n) is 6.90. The highest BCUT2D eigenvalue weighted by Gasteiger charge is 2.48. The molecule has 0 amide bonds. The first-order chi connectivity index (χ1) is 10.7. The molecule has 1 fully saturated rings. The molecule has 0 aliphatic carbocycles. The lowest BCUT2D eigenvalue weighted by molar-refractivity contribution is 0.283. The van der Waals surface area contributed by atoms with Crippen molar-refractivity contribution in [1.29, 1.82) is 0 Å². The topological polar surface area (TPSA) is 49.7 Å². The van der Waals surface area contributed by atoms with E-state index >= 15 is 0 Å². The minimum absolute atomic E-state index is 0.0661. The van der Waals surface area contributed by atoms with Gasteiger partial charge in [0.1, 0.15) is 0 Å². The van der Waals surface area contributed by atoms with Crippen molar-refractivity contribution in [2.75, 3.05) is 0 Å². The highest BCUT2D eigenvalue weighted by molar-refractivity contribution is 7.89. The zero-order chi connectivity index (χ0) is 16.8. The quantitative estimate of drug-likeness (QED) is 0.801. The summed E-state index contributed by atoms with van der Waals surface area (Å²) < 4.78 is 26.1. The monoisotopic (exact) mass is 331 g/mol. The third-order valence-corrected chi connectivity index (χ3v) is 5.59. The van der Waals surface area contributed by atoms with Crippen LogP contribution in [-0.2, 0) is 20.3 Å². The molecule has 3 rings (SSSR count). The predicted octanol–water partition coefficient (Wildman–Crippen LogP) is 3.93. The standard InChI is InChI=1S/C18H21NO3S/c1-13-5-11-16(12-6-13)23(20,21)19-17(22-19)14-7-9-15(10-8-14)18(2,3)4/h5-12,17H,1-4H3/t17-,19?/m1/s1. The van der Waals surface area contributed by atoms with Crippen LogP contribution in [0.25, 0.3) is 0 Å². The zero-order valence-electron chi connectivity index (χ0n) is 13.8. The van der Waals surface area contributed by atoms with E-state index in [0.29, 0.717) is 0 Å². The molecule has 2 atom stereocenters. The summed E-state index contributed by atoms with van der Waals surface area (Å²) in [5, 5.41) is 0. The van der Waals surface area contributed by atoms with Crippen molar-refractivity contribution in [2.45, 2.75) is 44.2 Å². The van der Waals surface area contributed by atoms with Crippen LogP contribution < -0.4 is 0 Å². The van der Waals surface area contributed by atoms with Crippen molar-refractivity contribution in [3.63, 3.8) is 0 Å². The van der Waals surface area contributed by atoms with Crippen LogP contribution >= 0.6 is 0 Å². The van der Waals surface area contributed by atoms with Crippen molar-refractivity contribution in [3.8, 4) is 0 Å². The molecular formula is C18H21NO3S. The fourth-order valence-electron chi connectivity index (χ4n) is 2.40. The molecule has 0 saturated carbocycles. The van der Waals surface area contributed by atoms with Crippen LogP contribution in [-0.4, -0.2) is 12.9 Å². The van der Waals surface area contributed by atoms with E-state index in [4.69, 9.17) is 4.84 Å². The summed E-state index contributed by atoms with van der Waals surface area (Å²) in [5.41, 5.74) is 3.13. The van der Waals surface area contributed by atoms with Crippen LogP contribution in [0.5, 0.6) is 0 Å². The summed E-state index contributed by atoms with van der Waals surface area (Å²) in [6.07, 6.45) is -0.532. The molecule has 0 N–H and O–H groups in total. The molecule has 1 aliphatic heterocycles. The number of rotatable bonds is 3. The smallest absolute Gasteiger partial charge is 0.253 e. The zero-order valence-corrected chi connectivity index (χ0v) is 14.6. The van der Waals surface area contributed by atoms with E-state index in [0.717, 1.165) is 15.6 Å². The number of hydrogen-bond acceptors (Lipinski definition) is 3. The van der Waals surface area contributed by atoms with E-state index in [1.165, 1.54) is 5.56 Å². The Morgan fingerprint density at radius 1 is 0.957 bits per heavy atom. The lowest BCUT2D eigenvalue weighted by Crippen LogP contribution is -2.13. The minimum atomic E-state index is -3.61. The number of hydrogen-bond donors (Lipinski definition) is 0. The van der Waals surface area contributed by atoms with Gasteiger partial charge in [-0.05, 0) is 34.5 Å². The lowest BCUT2D eigenvalue weighted by atomic mass is 9.87. The number of nitrogens with zero attached hydrogens (tertiary/aromatic N) is 1. The fourth-order valence-corrected chi connectivity index (χ4v) is 3.65. The van der Waals surface area contributed by atoms with Crippen molar-refractivity contribution < 1.29 is 13.3 Å². The Hall–Kier alpha value is -1.69. The largest absolute Gasteiger partial charge is 0.267 e. The fraction of sp³-hybridized carbons (Fsp3) is 0.333. The van der Waals surface area contributed by atoms with Crippen molar-refractivity contribution in [2.24, 2.45) is 0 Å². The minimum Gasteiger partial charge on any atom is -0.253 e. The van der Waals surface area contributed by atoms with Gasteiger partial charge in [0.15, 0.2) is 6.23 Å². The second kappa shape index (κ2) is 5.44. The summed E-state index contributed by atoms with van der Waals surface area (Å²) in [4.78, 5) is 5.57. The van der Waals surface area contributed by atoms with Gasteiger partial charge in [-0.15, -0.1) is 0 Å². The van der Waals surface area contributed by atoms with Crippen molar-refractivity contribution >= 4 is 10.0 Å². The van der Waals surface area contributed by atoms with Gasteiger partial charge in [-0.1, -0.05) is 62.7 Å². The normalized spacial score (nSPS) is 21.2. The maximum absolute atomic E-state index is 12.5. The first-order valence-electron chi connectivity index (χ1n) is 7.58. The van der Waals surface area contributed by atoms with Gasteiger partial charge in [-0.25, -0.2) is 8.42 Å². The summed E-state index contributed by atoms with van der Waals surface area (Å²) in [5.74, 6) is 0. The van der Waals surface area contributed by atoms with E-state index < -0.39 is 16.3 Å². The third kappa shape index (κ3) is 3.17. The molecule has 0 aromatic heterocycles. The Kier molecular flexibility index (Phi) is 3.83. The van der Waals surface area contributed by atoms with Gasteiger partial charge >= 0.3 is 0 Å². The van der Waals surface area contributed by atoms with E-state index in [2.05, 4.69) is 20.8 Å². The van der Waals surface area contributed by atoms with E-state index in [1.807, 2.05) is 31.2 Å². The summed E-state index contributed by atoms with van der Waals surface area (Å²) in [7, 11) is -3.61. The van der Waals surface area contributed by atoms with Crippen LogP contribution in [0, 0.1) is 6.92 Å². The molecule has 2 aromatic rings. The maximum atomic E-state index is 12.5. The molecule has 1 heterocycles. The van der Waals surface area contributed by atoms with E-state index in [9.17, 15) is 8.42 Å². The van der Waals surface area contributed by atoms with Gasteiger partial charge in [0.05, 0.1) is 4.90 Å². The Morgan fingerprint density at radius 2 is 1.52 bits per heavy atom. The average Bonchev–Trinajstić information content (AvgIpc) is 3.28. The summed E-state index contributed by atoms with van der Waals surface area (Å²) in [6, 6.07) is 14.7. The van der Waals surface area contributed by atoms with Crippen LogP contribution in [0.2, 0.25) is 0 Å². The van der Waals surface area contributed by atoms with Crippen LogP contribution in [0.3, 0.4) is 0 Å². The number of aryl methyl sites for hydroxylation is 1. The molecule has 0 radical (unpaired) electrons. The van der Waals surface area contributed by atoms with Crippen LogP contribution in [0.15, 0.2) is 53.4 Å². The highest BCUT2D eigenvalue weighted by Crippen LogP contribution is 2.42. The third-order valence-electron chi connectivity index (χ3n) is 3.97. The van der Waals surface area contributed by atoms with Gasteiger partial charge in [-0.2, -0.15) is 0 Å². The molecule has 2 aromatic carbocycles. The summed E-state index contributed by atoms with van der Waals surface area (Å²) in [6.45, 7) is 8.35. The number of benzene rings is 2. The molecule has 23 heavy (non-hydrogen) atoms. The van der Waals surface area contributed by atoms with E-state index in [-0.39, 0.29) is 10.3 Å². The van der Waals surface area contributed by atoms with Crippen LogP contribution in [0.4, 0.5) is 0 Å². The first-order valence-corrected chi connectivity index (χ1v) is 9.02. The number of sulfonamides is 1. The first kappa shape index (κ1) is 16.2. The lowest BCUT2D eigenvalue weighted by Gasteiger charge is -2.18. The SMILES string of the molecule is Cc1ccc(S(=O)(=O)N2O[C@@H]2c2ccc(C(C)(C)C)cc2)cc1. The maximum Gasteiger partial charge on any atom is 0.267 e. The molecule has 5 heteroatoms. The average molecular weight is 331 g/mol. The Morgan fingerprint density at radius 3 is 2.04 bits per heavy atom.